The first kappa shape index (κ1) is 10.4. The van der Waals surface area contributed by atoms with Crippen molar-refractivity contribution in [1.82, 2.24) is 0 Å². The molecule has 1 saturated carbocycles. The quantitative estimate of drug-likeness (QED) is 0.646. The molecule has 14 heavy (non-hydrogen) atoms. The molecule has 2 fully saturated rings. The maximum absolute atomic E-state index is 9.78. The molecule has 1 aliphatic carbocycles. The van der Waals surface area contributed by atoms with E-state index in [2.05, 4.69) is 20.8 Å². The van der Waals surface area contributed by atoms with Crippen LogP contribution in [0.4, 0.5) is 0 Å². The maximum Gasteiger partial charge on any atom is 0.0826 e. The van der Waals surface area contributed by atoms with Gasteiger partial charge in [-0.25, -0.2) is 0 Å². The molecular weight excluding hydrogens is 176 g/mol. The fraction of sp³-hybridized carbons (Fsp3) is 1.00. The molecule has 0 bridgehead atoms. The Hall–Kier alpha value is -0.0800. The molecule has 1 N–H and O–H groups in total. The molecule has 1 saturated heterocycles. The zero-order valence-corrected chi connectivity index (χ0v) is 9.49. The van der Waals surface area contributed by atoms with Gasteiger partial charge < -0.3 is 9.84 Å². The van der Waals surface area contributed by atoms with E-state index < -0.39 is 0 Å². The van der Waals surface area contributed by atoms with Crippen molar-refractivity contribution < 1.29 is 9.84 Å². The molecule has 0 radical (unpaired) electrons. The summed E-state index contributed by atoms with van der Waals surface area (Å²) < 4.78 is 5.58. The SMILES string of the molecule is CC(C)(C)[C@@H]1CC[C@@H]2OC[C@H](O)[C@@H]2C1. The molecule has 4 atom stereocenters. The molecule has 0 aromatic rings. The number of fused-ring (bicyclic) bond motifs is 1. The van der Waals surface area contributed by atoms with Gasteiger partial charge in [0.25, 0.3) is 0 Å². The fourth-order valence-electron chi connectivity index (χ4n) is 2.92. The topological polar surface area (TPSA) is 29.5 Å². The van der Waals surface area contributed by atoms with Gasteiger partial charge in [-0.15, -0.1) is 0 Å². The lowest BCUT2D eigenvalue weighted by Crippen LogP contribution is -2.36. The highest BCUT2D eigenvalue weighted by Crippen LogP contribution is 2.44. The zero-order valence-electron chi connectivity index (χ0n) is 9.49. The standard InChI is InChI=1S/C12H22O2/c1-12(2,3)8-4-5-11-9(6-8)10(13)7-14-11/h8-11,13H,4-7H2,1-3H3/t8-,9+,10+,11+/m1/s1. The Morgan fingerprint density at radius 2 is 1.93 bits per heavy atom. The van der Waals surface area contributed by atoms with Crippen molar-refractivity contribution in [3.05, 3.63) is 0 Å². The Balaban J connectivity index is 2.02. The van der Waals surface area contributed by atoms with Crippen molar-refractivity contribution in [2.75, 3.05) is 6.61 Å². The summed E-state index contributed by atoms with van der Waals surface area (Å²) in [5.41, 5.74) is 0.382. The molecule has 0 unspecified atom stereocenters. The van der Waals surface area contributed by atoms with Gasteiger partial charge in [-0.1, -0.05) is 20.8 Å². The van der Waals surface area contributed by atoms with Crippen LogP contribution < -0.4 is 0 Å². The van der Waals surface area contributed by atoms with Crippen molar-refractivity contribution in [3.8, 4) is 0 Å². The average Bonchev–Trinajstić information content (AvgIpc) is 2.46. The predicted molar refractivity (Wildman–Crippen MR) is 56.0 cm³/mol. The van der Waals surface area contributed by atoms with E-state index in [1.807, 2.05) is 0 Å². The van der Waals surface area contributed by atoms with E-state index in [1.54, 1.807) is 0 Å². The minimum absolute atomic E-state index is 0.204. The number of ether oxygens (including phenoxy) is 1. The lowest BCUT2D eigenvalue weighted by molar-refractivity contribution is 0.0251. The third kappa shape index (κ3) is 1.82. The van der Waals surface area contributed by atoms with Crippen LogP contribution in [-0.2, 0) is 4.74 Å². The van der Waals surface area contributed by atoms with Crippen LogP contribution in [0.2, 0.25) is 0 Å². The normalized spacial score (nSPS) is 43.7. The largest absolute Gasteiger partial charge is 0.390 e. The van der Waals surface area contributed by atoms with Crippen molar-refractivity contribution >= 4 is 0 Å². The molecule has 0 spiro atoms. The molecule has 82 valence electrons. The summed E-state index contributed by atoms with van der Waals surface area (Å²) in [6, 6.07) is 0. The molecule has 0 aromatic carbocycles. The third-order valence-corrected chi connectivity index (χ3v) is 4.03. The van der Waals surface area contributed by atoms with E-state index >= 15 is 0 Å². The minimum Gasteiger partial charge on any atom is -0.390 e. The summed E-state index contributed by atoms with van der Waals surface area (Å²) in [6.45, 7) is 7.48. The van der Waals surface area contributed by atoms with Crippen LogP contribution in [0.3, 0.4) is 0 Å². The van der Waals surface area contributed by atoms with Gasteiger partial charge in [0, 0.05) is 5.92 Å². The summed E-state index contributed by atoms with van der Waals surface area (Å²) in [5, 5.41) is 9.78. The Kier molecular flexibility index (Phi) is 2.61. The van der Waals surface area contributed by atoms with E-state index in [9.17, 15) is 5.11 Å². The maximum atomic E-state index is 9.78. The summed E-state index contributed by atoms with van der Waals surface area (Å²) in [7, 11) is 0. The van der Waals surface area contributed by atoms with Gasteiger partial charge in [-0.2, -0.15) is 0 Å². The lowest BCUT2D eigenvalue weighted by atomic mass is 9.68. The van der Waals surface area contributed by atoms with Crippen molar-refractivity contribution in [2.45, 2.75) is 52.2 Å². The first-order valence-electron chi connectivity index (χ1n) is 5.78. The fourth-order valence-corrected chi connectivity index (χ4v) is 2.92. The highest BCUT2D eigenvalue weighted by atomic mass is 16.5. The molecule has 2 nitrogen and oxygen atoms in total. The first-order valence-corrected chi connectivity index (χ1v) is 5.78. The van der Waals surface area contributed by atoms with Crippen molar-refractivity contribution in [1.29, 1.82) is 0 Å². The minimum atomic E-state index is -0.204. The van der Waals surface area contributed by atoms with Gasteiger partial charge in [-0.3, -0.25) is 0 Å². The summed E-state index contributed by atoms with van der Waals surface area (Å²) in [5.74, 6) is 1.16. The molecule has 0 amide bonds. The van der Waals surface area contributed by atoms with Crippen molar-refractivity contribution in [3.63, 3.8) is 0 Å². The second-order valence-corrected chi connectivity index (χ2v) is 5.98. The molecule has 1 aliphatic heterocycles. The van der Waals surface area contributed by atoms with Gasteiger partial charge in [0.2, 0.25) is 0 Å². The zero-order chi connectivity index (χ0) is 10.3. The number of aliphatic hydroxyl groups excluding tert-OH is 1. The van der Waals surface area contributed by atoms with Gasteiger partial charge >= 0.3 is 0 Å². The molecule has 2 rings (SSSR count). The number of hydrogen-bond donors (Lipinski definition) is 1. The molecule has 1 heterocycles. The summed E-state index contributed by atoms with van der Waals surface area (Å²) >= 11 is 0. The van der Waals surface area contributed by atoms with E-state index in [0.29, 0.717) is 24.0 Å². The molecule has 2 heteroatoms. The second-order valence-electron chi connectivity index (χ2n) is 5.98. The average molecular weight is 198 g/mol. The van der Waals surface area contributed by atoms with E-state index in [0.717, 1.165) is 18.8 Å². The van der Waals surface area contributed by atoms with Crippen LogP contribution in [0.1, 0.15) is 40.0 Å². The van der Waals surface area contributed by atoms with Crippen molar-refractivity contribution in [2.24, 2.45) is 17.3 Å². The Morgan fingerprint density at radius 1 is 1.21 bits per heavy atom. The van der Waals surface area contributed by atoms with Crippen LogP contribution >= 0.6 is 0 Å². The van der Waals surface area contributed by atoms with E-state index in [4.69, 9.17) is 4.74 Å². The lowest BCUT2D eigenvalue weighted by Gasteiger charge is -2.39. The van der Waals surface area contributed by atoms with Gasteiger partial charge in [0.15, 0.2) is 0 Å². The Bertz CT molecular complexity index is 207. The predicted octanol–water partition coefficient (Wildman–Crippen LogP) is 2.21. The Labute approximate surface area is 86.6 Å². The monoisotopic (exact) mass is 198 g/mol. The molecule has 0 aromatic heterocycles. The van der Waals surface area contributed by atoms with Gasteiger partial charge in [0.1, 0.15) is 0 Å². The summed E-state index contributed by atoms with van der Waals surface area (Å²) in [4.78, 5) is 0. The Morgan fingerprint density at radius 3 is 2.57 bits per heavy atom. The highest BCUT2D eigenvalue weighted by molar-refractivity contribution is 4.92. The third-order valence-electron chi connectivity index (χ3n) is 4.03. The highest BCUT2D eigenvalue weighted by Gasteiger charge is 2.43. The molecule has 2 aliphatic rings. The van der Waals surface area contributed by atoms with E-state index in [1.165, 1.54) is 6.42 Å². The van der Waals surface area contributed by atoms with Crippen LogP contribution in [0.5, 0.6) is 0 Å². The van der Waals surface area contributed by atoms with Crippen LogP contribution in [0.15, 0.2) is 0 Å². The number of aliphatic hydroxyl groups is 1. The second kappa shape index (κ2) is 3.49. The molecular formula is C12H22O2. The number of hydrogen-bond acceptors (Lipinski definition) is 2. The summed E-state index contributed by atoms with van der Waals surface area (Å²) in [6.07, 6.45) is 3.70. The van der Waals surface area contributed by atoms with Crippen LogP contribution in [0.25, 0.3) is 0 Å². The van der Waals surface area contributed by atoms with Crippen LogP contribution in [0, 0.1) is 17.3 Å². The van der Waals surface area contributed by atoms with Gasteiger partial charge in [-0.05, 0) is 30.6 Å². The van der Waals surface area contributed by atoms with Crippen LogP contribution in [-0.4, -0.2) is 23.9 Å². The van der Waals surface area contributed by atoms with Gasteiger partial charge in [0.05, 0.1) is 18.8 Å². The first-order chi connectivity index (χ1) is 6.48. The van der Waals surface area contributed by atoms with E-state index in [-0.39, 0.29) is 6.10 Å². The smallest absolute Gasteiger partial charge is 0.0826 e. The number of rotatable bonds is 0.